The first-order valence-electron chi connectivity index (χ1n) is 5.57. The molecular weight excluding hydrogens is 210 g/mol. The zero-order valence-corrected chi connectivity index (χ0v) is 9.86. The zero-order chi connectivity index (χ0) is 11.9. The third kappa shape index (κ3) is 2.13. The van der Waals surface area contributed by atoms with Gasteiger partial charge < -0.3 is 9.47 Å². The van der Waals surface area contributed by atoms with Crippen LogP contribution in [0.3, 0.4) is 0 Å². The van der Waals surface area contributed by atoms with E-state index in [1.807, 2.05) is 20.8 Å². The van der Waals surface area contributed by atoms with E-state index in [-0.39, 0.29) is 12.1 Å². The SMILES string of the molecule is CC(C)(C)OC(=O)N1C[C@H]2CC[C@@H]1C(=O)O2. The lowest BCUT2D eigenvalue weighted by Gasteiger charge is -2.43. The van der Waals surface area contributed by atoms with E-state index in [0.717, 1.165) is 6.42 Å². The van der Waals surface area contributed by atoms with Crippen molar-refractivity contribution >= 4 is 12.1 Å². The Morgan fingerprint density at radius 2 is 2.12 bits per heavy atom. The maximum Gasteiger partial charge on any atom is 0.411 e. The van der Waals surface area contributed by atoms with Crippen molar-refractivity contribution in [3.8, 4) is 0 Å². The van der Waals surface area contributed by atoms with Crippen molar-refractivity contribution in [3.05, 3.63) is 0 Å². The number of rotatable bonds is 0. The van der Waals surface area contributed by atoms with Crippen LogP contribution < -0.4 is 0 Å². The molecule has 0 saturated carbocycles. The molecule has 1 amide bonds. The Hall–Kier alpha value is -1.26. The van der Waals surface area contributed by atoms with Crippen LogP contribution in [0.2, 0.25) is 0 Å². The lowest BCUT2D eigenvalue weighted by atomic mass is 9.97. The van der Waals surface area contributed by atoms with Gasteiger partial charge in [0.2, 0.25) is 0 Å². The van der Waals surface area contributed by atoms with Crippen molar-refractivity contribution in [1.82, 2.24) is 4.90 Å². The Balaban J connectivity index is 2.05. The molecule has 5 nitrogen and oxygen atoms in total. The summed E-state index contributed by atoms with van der Waals surface area (Å²) in [6.45, 7) is 5.90. The van der Waals surface area contributed by atoms with E-state index in [0.29, 0.717) is 13.0 Å². The van der Waals surface area contributed by atoms with E-state index in [1.165, 1.54) is 4.90 Å². The number of hydrogen-bond donors (Lipinski definition) is 0. The molecule has 3 aliphatic rings. The van der Waals surface area contributed by atoms with E-state index in [2.05, 4.69) is 0 Å². The van der Waals surface area contributed by atoms with Gasteiger partial charge in [0.1, 0.15) is 17.7 Å². The largest absolute Gasteiger partial charge is 0.459 e. The smallest absolute Gasteiger partial charge is 0.411 e. The number of ether oxygens (including phenoxy) is 2. The van der Waals surface area contributed by atoms with E-state index in [1.54, 1.807) is 0 Å². The van der Waals surface area contributed by atoms with Crippen molar-refractivity contribution in [2.75, 3.05) is 6.54 Å². The van der Waals surface area contributed by atoms with Crippen molar-refractivity contribution in [1.29, 1.82) is 0 Å². The molecule has 0 N–H and O–H groups in total. The highest BCUT2D eigenvalue weighted by Crippen LogP contribution is 2.28. The second-order valence-corrected chi connectivity index (χ2v) is 5.28. The third-order valence-electron chi connectivity index (χ3n) is 2.72. The number of nitrogens with zero attached hydrogens (tertiary/aromatic N) is 1. The van der Waals surface area contributed by atoms with Gasteiger partial charge in [0, 0.05) is 0 Å². The molecule has 3 fully saturated rings. The van der Waals surface area contributed by atoms with E-state index in [9.17, 15) is 9.59 Å². The average Bonchev–Trinajstić information content (AvgIpc) is 2.15. The lowest BCUT2D eigenvalue weighted by Crippen LogP contribution is -2.59. The van der Waals surface area contributed by atoms with Crippen LogP contribution in [0.15, 0.2) is 0 Å². The van der Waals surface area contributed by atoms with Gasteiger partial charge in [0.25, 0.3) is 0 Å². The van der Waals surface area contributed by atoms with Crippen LogP contribution in [0.1, 0.15) is 33.6 Å². The summed E-state index contributed by atoms with van der Waals surface area (Å²) in [6.07, 6.45) is 0.960. The Morgan fingerprint density at radius 3 is 2.62 bits per heavy atom. The summed E-state index contributed by atoms with van der Waals surface area (Å²) >= 11 is 0. The van der Waals surface area contributed by atoms with Crippen LogP contribution in [-0.4, -0.2) is 41.3 Å². The van der Waals surface area contributed by atoms with Crippen LogP contribution >= 0.6 is 0 Å². The van der Waals surface area contributed by atoms with Gasteiger partial charge in [0.15, 0.2) is 0 Å². The molecule has 5 heteroatoms. The summed E-state index contributed by atoms with van der Waals surface area (Å²) in [4.78, 5) is 24.8. The Bertz CT molecular complexity index is 320. The summed E-state index contributed by atoms with van der Waals surface area (Å²) in [7, 11) is 0. The van der Waals surface area contributed by atoms with Gasteiger partial charge >= 0.3 is 12.1 Å². The van der Waals surface area contributed by atoms with Crippen LogP contribution in [0.5, 0.6) is 0 Å². The lowest BCUT2D eigenvalue weighted by molar-refractivity contribution is -0.174. The molecule has 0 unspecified atom stereocenters. The van der Waals surface area contributed by atoms with Gasteiger partial charge in [0.05, 0.1) is 6.54 Å². The Morgan fingerprint density at radius 1 is 1.44 bits per heavy atom. The molecular formula is C11H17NO4. The Labute approximate surface area is 94.7 Å². The second kappa shape index (κ2) is 3.64. The summed E-state index contributed by atoms with van der Waals surface area (Å²) < 4.78 is 10.4. The molecule has 3 heterocycles. The number of piperidine rings is 1. The number of fused-ring (bicyclic) bond motifs is 3. The average molecular weight is 227 g/mol. The molecule has 3 rings (SSSR count). The van der Waals surface area contributed by atoms with E-state index >= 15 is 0 Å². The third-order valence-corrected chi connectivity index (χ3v) is 2.72. The number of carbonyl (C=O) groups excluding carboxylic acids is 2. The highest BCUT2D eigenvalue weighted by Gasteiger charge is 2.45. The highest BCUT2D eigenvalue weighted by molar-refractivity contribution is 5.83. The normalized spacial score (nSPS) is 28.9. The fraction of sp³-hybridized carbons (Fsp3) is 0.818. The first-order chi connectivity index (χ1) is 7.37. The van der Waals surface area contributed by atoms with Gasteiger partial charge in [-0.3, -0.25) is 4.90 Å². The maximum absolute atomic E-state index is 11.8. The molecule has 0 aromatic rings. The van der Waals surface area contributed by atoms with Crippen LogP contribution in [0.4, 0.5) is 4.79 Å². The molecule has 2 bridgehead atoms. The fourth-order valence-electron chi connectivity index (χ4n) is 2.04. The van der Waals surface area contributed by atoms with Crippen molar-refractivity contribution in [3.63, 3.8) is 0 Å². The van der Waals surface area contributed by atoms with Crippen LogP contribution in [0.25, 0.3) is 0 Å². The van der Waals surface area contributed by atoms with Gasteiger partial charge in [-0.2, -0.15) is 0 Å². The zero-order valence-electron chi connectivity index (χ0n) is 9.86. The van der Waals surface area contributed by atoms with Crippen molar-refractivity contribution in [2.45, 2.75) is 51.4 Å². The molecule has 0 aromatic carbocycles. The fourth-order valence-corrected chi connectivity index (χ4v) is 2.04. The maximum atomic E-state index is 11.8. The summed E-state index contributed by atoms with van der Waals surface area (Å²) in [6, 6.07) is -0.445. The number of carbonyl (C=O) groups is 2. The molecule has 0 aliphatic carbocycles. The van der Waals surface area contributed by atoms with E-state index in [4.69, 9.17) is 9.47 Å². The summed E-state index contributed by atoms with van der Waals surface area (Å²) in [5.41, 5.74) is -0.530. The number of morpholine rings is 1. The van der Waals surface area contributed by atoms with Crippen LogP contribution in [0, 0.1) is 0 Å². The topological polar surface area (TPSA) is 55.8 Å². The predicted molar refractivity (Wildman–Crippen MR) is 55.8 cm³/mol. The first kappa shape index (κ1) is 11.2. The van der Waals surface area contributed by atoms with Crippen LogP contribution in [-0.2, 0) is 14.3 Å². The molecule has 0 radical (unpaired) electrons. The number of amides is 1. The molecule has 16 heavy (non-hydrogen) atoms. The molecule has 0 aromatic heterocycles. The predicted octanol–water partition coefficient (Wildman–Crippen LogP) is 1.31. The Kier molecular flexibility index (Phi) is 2.56. The van der Waals surface area contributed by atoms with Gasteiger partial charge in [-0.1, -0.05) is 0 Å². The summed E-state index contributed by atoms with van der Waals surface area (Å²) in [5, 5.41) is 0. The highest BCUT2D eigenvalue weighted by atomic mass is 16.6. The molecule has 3 saturated heterocycles. The van der Waals surface area contributed by atoms with Crippen molar-refractivity contribution < 1.29 is 19.1 Å². The molecule has 90 valence electrons. The number of hydrogen-bond acceptors (Lipinski definition) is 4. The number of esters is 1. The second-order valence-electron chi connectivity index (χ2n) is 5.28. The molecule has 3 aliphatic heterocycles. The minimum atomic E-state index is -0.530. The first-order valence-corrected chi connectivity index (χ1v) is 5.57. The summed E-state index contributed by atoms with van der Waals surface area (Å²) in [5.74, 6) is -0.298. The molecule has 2 atom stereocenters. The molecule has 0 spiro atoms. The monoisotopic (exact) mass is 227 g/mol. The quantitative estimate of drug-likeness (QED) is 0.585. The van der Waals surface area contributed by atoms with E-state index < -0.39 is 17.7 Å². The minimum Gasteiger partial charge on any atom is -0.459 e. The van der Waals surface area contributed by atoms with Crippen molar-refractivity contribution in [2.24, 2.45) is 0 Å². The van der Waals surface area contributed by atoms with Gasteiger partial charge in [-0.05, 0) is 33.6 Å². The van der Waals surface area contributed by atoms with Gasteiger partial charge in [-0.15, -0.1) is 0 Å². The minimum absolute atomic E-state index is 0.148. The standard InChI is InChI=1S/C11H17NO4/c1-11(2,3)16-10(14)12-6-7-4-5-8(12)9(13)15-7/h7-8H,4-6H2,1-3H3/t7-,8-/m1/s1. The van der Waals surface area contributed by atoms with Gasteiger partial charge in [-0.25, -0.2) is 9.59 Å².